The molecule has 4 heteroatoms. The van der Waals surface area contributed by atoms with Gasteiger partial charge in [0.15, 0.2) is 0 Å². The molecular formula is C15H17FN2O. The van der Waals surface area contributed by atoms with Crippen LogP contribution < -0.4 is 10.5 Å². The highest BCUT2D eigenvalue weighted by atomic mass is 19.1. The number of ether oxygens (including phenoxy) is 1. The average molecular weight is 260 g/mol. The fraction of sp³-hybridized carbons (Fsp3) is 0.267. The standard InChI is InChI=1S/C15H17FN2O/c1-11-2-7-15(14(18-11)8-9-17)19-10-12-3-5-13(16)6-4-12/h2-7H,8-10,17H2,1H3. The fourth-order valence-electron chi connectivity index (χ4n) is 1.79. The number of nitrogens with two attached hydrogens (primary N) is 1. The van der Waals surface area contributed by atoms with Gasteiger partial charge in [-0.25, -0.2) is 4.39 Å². The number of hydrogen-bond donors (Lipinski definition) is 1. The van der Waals surface area contributed by atoms with Gasteiger partial charge in [-0.2, -0.15) is 0 Å². The maximum Gasteiger partial charge on any atom is 0.141 e. The van der Waals surface area contributed by atoms with E-state index < -0.39 is 0 Å². The summed E-state index contributed by atoms with van der Waals surface area (Å²) in [5.74, 6) is 0.491. The van der Waals surface area contributed by atoms with Crippen LogP contribution in [0.3, 0.4) is 0 Å². The highest BCUT2D eigenvalue weighted by Crippen LogP contribution is 2.19. The lowest BCUT2D eigenvalue weighted by atomic mass is 10.2. The third-order valence-electron chi connectivity index (χ3n) is 2.76. The molecule has 2 aromatic rings. The van der Waals surface area contributed by atoms with E-state index in [-0.39, 0.29) is 5.82 Å². The lowest BCUT2D eigenvalue weighted by Gasteiger charge is -2.11. The van der Waals surface area contributed by atoms with Gasteiger partial charge in [-0.05, 0) is 43.3 Å². The molecule has 0 amide bonds. The van der Waals surface area contributed by atoms with Gasteiger partial charge >= 0.3 is 0 Å². The summed E-state index contributed by atoms with van der Waals surface area (Å²) >= 11 is 0. The van der Waals surface area contributed by atoms with E-state index in [1.54, 1.807) is 12.1 Å². The summed E-state index contributed by atoms with van der Waals surface area (Å²) in [5.41, 5.74) is 8.29. The zero-order valence-electron chi connectivity index (χ0n) is 10.9. The molecule has 1 aromatic heterocycles. The first-order chi connectivity index (χ1) is 9.19. The summed E-state index contributed by atoms with van der Waals surface area (Å²) in [6.07, 6.45) is 0.681. The summed E-state index contributed by atoms with van der Waals surface area (Å²) in [4.78, 5) is 4.42. The molecule has 0 aliphatic carbocycles. The van der Waals surface area contributed by atoms with Crippen molar-refractivity contribution in [3.8, 4) is 5.75 Å². The molecule has 0 aliphatic rings. The molecular weight excluding hydrogens is 243 g/mol. The van der Waals surface area contributed by atoms with Crippen molar-refractivity contribution in [3.05, 3.63) is 59.2 Å². The number of benzene rings is 1. The molecule has 0 radical (unpaired) electrons. The zero-order valence-corrected chi connectivity index (χ0v) is 10.9. The van der Waals surface area contributed by atoms with E-state index >= 15 is 0 Å². The number of aromatic nitrogens is 1. The van der Waals surface area contributed by atoms with Gasteiger partial charge in [-0.1, -0.05) is 12.1 Å². The van der Waals surface area contributed by atoms with Crippen LogP contribution in [0.1, 0.15) is 17.0 Å². The van der Waals surface area contributed by atoms with Crippen molar-refractivity contribution in [1.29, 1.82) is 0 Å². The van der Waals surface area contributed by atoms with Gasteiger partial charge in [0.1, 0.15) is 18.2 Å². The number of hydrogen-bond acceptors (Lipinski definition) is 3. The van der Waals surface area contributed by atoms with Crippen LogP contribution >= 0.6 is 0 Å². The maximum atomic E-state index is 12.8. The van der Waals surface area contributed by atoms with Crippen molar-refractivity contribution in [1.82, 2.24) is 4.98 Å². The van der Waals surface area contributed by atoms with Gasteiger partial charge in [0, 0.05) is 12.1 Å². The molecule has 2 rings (SSSR count). The molecule has 0 saturated carbocycles. The summed E-state index contributed by atoms with van der Waals surface area (Å²) in [6.45, 7) is 2.86. The van der Waals surface area contributed by atoms with Crippen molar-refractivity contribution < 1.29 is 9.13 Å². The van der Waals surface area contributed by atoms with E-state index in [1.807, 2.05) is 19.1 Å². The minimum Gasteiger partial charge on any atom is -0.487 e. The fourth-order valence-corrected chi connectivity index (χ4v) is 1.79. The predicted molar refractivity (Wildman–Crippen MR) is 72.5 cm³/mol. The van der Waals surface area contributed by atoms with Crippen molar-refractivity contribution in [2.24, 2.45) is 5.73 Å². The topological polar surface area (TPSA) is 48.1 Å². The summed E-state index contributed by atoms with van der Waals surface area (Å²) in [6, 6.07) is 10.1. The Bertz CT molecular complexity index is 540. The lowest BCUT2D eigenvalue weighted by molar-refractivity contribution is 0.301. The van der Waals surface area contributed by atoms with Gasteiger partial charge in [-0.3, -0.25) is 4.98 Å². The van der Waals surface area contributed by atoms with Crippen molar-refractivity contribution in [3.63, 3.8) is 0 Å². The molecule has 0 unspecified atom stereocenters. The Morgan fingerprint density at radius 1 is 1.16 bits per heavy atom. The molecule has 0 spiro atoms. The Morgan fingerprint density at radius 2 is 1.89 bits per heavy atom. The van der Waals surface area contributed by atoms with Crippen LogP contribution in [0.2, 0.25) is 0 Å². The van der Waals surface area contributed by atoms with Gasteiger partial charge in [0.2, 0.25) is 0 Å². The summed E-state index contributed by atoms with van der Waals surface area (Å²) in [7, 11) is 0. The lowest BCUT2D eigenvalue weighted by Crippen LogP contribution is -2.08. The van der Waals surface area contributed by atoms with Crippen LogP contribution in [0.25, 0.3) is 0 Å². The maximum absolute atomic E-state index is 12.8. The van der Waals surface area contributed by atoms with Crippen LogP contribution in [0.4, 0.5) is 4.39 Å². The number of rotatable bonds is 5. The Kier molecular flexibility index (Phi) is 4.47. The molecule has 0 aliphatic heterocycles. The van der Waals surface area contributed by atoms with Crippen LogP contribution in [0.5, 0.6) is 5.75 Å². The molecule has 0 bridgehead atoms. The Labute approximate surface area is 112 Å². The number of aryl methyl sites for hydroxylation is 1. The van der Waals surface area contributed by atoms with E-state index in [4.69, 9.17) is 10.5 Å². The zero-order chi connectivity index (χ0) is 13.7. The largest absolute Gasteiger partial charge is 0.487 e. The Hall–Kier alpha value is -1.94. The summed E-state index contributed by atoms with van der Waals surface area (Å²) < 4.78 is 18.5. The van der Waals surface area contributed by atoms with Crippen LogP contribution in [-0.4, -0.2) is 11.5 Å². The van der Waals surface area contributed by atoms with Crippen molar-refractivity contribution >= 4 is 0 Å². The molecule has 3 nitrogen and oxygen atoms in total. The minimum atomic E-state index is -0.246. The molecule has 2 N–H and O–H groups in total. The Balaban J connectivity index is 2.08. The monoisotopic (exact) mass is 260 g/mol. The second-order valence-electron chi connectivity index (χ2n) is 4.35. The third kappa shape index (κ3) is 3.76. The first kappa shape index (κ1) is 13.5. The van der Waals surface area contributed by atoms with Crippen molar-refractivity contribution in [2.75, 3.05) is 6.54 Å². The summed E-state index contributed by atoms with van der Waals surface area (Å²) in [5, 5.41) is 0. The van der Waals surface area contributed by atoms with E-state index in [9.17, 15) is 4.39 Å². The minimum absolute atomic E-state index is 0.246. The predicted octanol–water partition coefficient (Wildman–Crippen LogP) is 2.61. The molecule has 100 valence electrons. The van der Waals surface area contributed by atoms with Crippen LogP contribution in [0, 0.1) is 12.7 Å². The van der Waals surface area contributed by atoms with Gasteiger partial charge in [-0.15, -0.1) is 0 Å². The molecule has 19 heavy (non-hydrogen) atoms. The van der Waals surface area contributed by atoms with E-state index in [1.165, 1.54) is 12.1 Å². The van der Waals surface area contributed by atoms with Gasteiger partial charge in [0.25, 0.3) is 0 Å². The molecule has 1 heterocycles. The average Bonchev–Trinajstić information content (AvgIpc) is 2.40. The normalized spacial score (nSPS) is 10.5. The highest BCUT2D eigenvalue weighted by molar-refractivity contribution is 5.30. The number of nitrogens with zero attached hydrogens (tertiary/aromatic N) is 1. The molecule has 1 aromatic carbocycles. The number of halogens is 1. The highest BCUT2D eigenvalue weighted by Gasteiger charge is 2.05. The Morgan fingerprint density at radius 3 is 2.58 bits per heavy atom. The quantitative estimate of drug-likeness (QED) is 0.899. The van der Waals surface area contributed by atoms with E-state index in [0.29, 0.717) is 19.6 Å². The van der Waals surface area contributed by atoms with Gasteiger partial charge in [0.05, 0.1) is 5.69 Å². The van der Waals surface area contributed by atoms with Gasteiger partial charge < -0.3 is 10.5 Å². The SMILES string of the molecule is Cc1ccc(OCc2ccc(F)cc2)c(CCN)n1. The molecule has 0 atom stereocenters. The molecule has 0 saturated heterocycles. The van der Waals surface area contributed by atoms with Crippen LogP contribution in [0.15, 0.2) is 36.4 Å². The molecule has 0 fully saturated rings. The second-order valence-corrected chi connectivity index (χ2v) is 4.35. The van der Waals surface area contributed by atoms with Crippen LogP contribution in [-0.2, 0) is 13.0 Å². The first-order valence-corrected chi connectivity index (χ1v) is 6.23. The smallest absolute Gasteiger partial charge is 0.141 e. The van der Waals surface area contributed by atoms with E-state index in [0.717, 1.165) is 22.7 Å². The van der Waals surface area contributed by atoms with E-state index in [2.05, 4.69) is 4.98 Å². The van der Waals surface area contributed by atoms with Crippen molar-refractivity contribution in [2.45, 2.75) is 20.0 Å². The first-order valence-electron chi connectivity index (χ1n) is 6.23. The second kappa shape index (κ2) is 6.29. The number of pyridine rings is 1. The third-order valence-corrected chi connectivity index (χ3v) is 2.76.